The molecular formula is C24H21BrN4O2S. The van der Waals surface area contributed by atoms with Crippen molar-refractivity contribution in [2.24, 2.45) is 0 Å². The first-order valence-corrected chi connectivity index (χ1v) is 11.8. The van der Waals surface area contributed by atoms with Gasteiger partial charge in [-0.3, -0.25) is 14.3 Å². The van der Waals surface area contributed by atoms with Gasteiger partial charge in [0, 0.05) is 33.7 Å². The van der Waals surface area contributed by atoms with E-state index in [-0.39, 0.29) is 11.0 Å². The molecule has 0 amide bonds. The number of aromatic nitrogens is 4. The Bertz CT molecular complexity index is 1200. The summed E-state index contributed by atoms with van der Waals surface area (Å²) in [6.07, 6.45) is 3.47. The van der Waals surface area contributed by atoms with Crippen LogP contribution in [0.25, 0.3) is 17.1 Å². The van der Waals surface area contributed by atoms with Crippen molar-refractivity contribution in [3.8, 4) is 22.8 Å². The Morgan fingerprint density at radius 2 is 1.84 bits per heavy atom. The van der Waals surface area contributed by atoms with E-state index in [0.717, 1.165) is 21.5 Å². The van der Waals surface area contributed by atoms with Crippen LogP contribution in [0.2, 0.25) is 0 Å². The summed E-state index contributed by atoms with van der Waals surface area (Å²) in [6, 6.07) is 18.9. The van der Waals surface area contributed by atoms with Crippen LogP contribution in [0.15, 0.2) is 82.7 Å². The van der Waals surface area contributed by atoms with Crippen molar-refractivity contribution in [3.63, 3.8) is 0 Å². The Hall–Kier alpha value is -2.97. The second kappa shape index (κ2) is 10.1. The third-order valence-electron chi connectivity index (χ3n) is 4.74. The Morgan fingerprint density at radius 3 is 2.50 bits per heavy atom. The van der Waals surface area contributed by atoms with Gasteiger partial charge >= 0.3 is 0 Å². The second-order valence-electron chi connectivity index (χ2n) is 6.94. The quantitative estimate of drug-likeness (QED) is 0.219. The summed E-state index contributed by atoms with van der Waals surface area (Å²) < 4.78 is 8.46. The van der Waals surface area contributed by atoms with Crippen molar-refractivity contribution >= 4 is 33.5 Å². The molecule has 2 heterocycles. The molecule has 0 radical (unpaired) electrons. The summed E-state index contributed by atoms with van der Waals surface area (Å²) in [7, 11) is 0. The predicted octanol–water partition coefficient (Wildman–Crippen LogP) is 5.85. The smallest absolute Gasteiger partial charge is 0.196 e. The molecule has 1 atom stereocenters. The van der Waals surface area contributed by atoms with Crippen LogP contribution in [0.1, 0.15) is 24.2 Å². The van der Waals surface area contributed by atoms with Gasteiger partial charge in [0.05, 0.1) is 11.9 Å². The molecule has 0 bridgehead atoms. The zero-order chi connectivity index (χ0) is 22.5. The molecule has 8 heteroatoms. The molecule has 0 fully saturated rings. The predicted molar refractivity (Wildman–Crippen MR) is 130 cm³/mol. The molecule has 0 aliphatic heterocycles. The first-order valence-electron chi connectivity index (χ1n) is 10.1. The van der Waals surface area contributed by atoms with Crippen LogP contribution >= 0.6 is 27.7 Å². The molecule has 1 unspecified atom stereocenters. The highest BCUT2D eigenvalue weighted by Crippen LogP contribution is 2.31. The highest BCUT2D eigenvalue weighted by Gasteiger charge is 2.23. The summed E-state index contributed by atoms with van der Waals surface area (Å²) in [6.45, 7) is 4.44. The average molecular weight is 509 g/mol. The minimum Gasteiger partial charge on any atom is -0.494 e. The van der Waals surface area contributed by atoms with Crippen LogP contribution in [0.4, 0.5) is 0 Å². The van der Waals surface area contributed by atoms with Crippen LogP contribution < -0.4 is 4.74 Å². The minimum atomic E-state index is -0.344. The minimum absolute atomic E-state index is 0.0340. The van der Waals surface area contributed by atoms with Gasteiger partial charge in [-0.15, -0.1) is 10.2 Å². The molecule has 2 aromatic carbocycles. The molecule has 4 aromatic rings. The monoisotopic (exact) mass is 508 g/mol. The fourth-order valence-corrected chi connectivity index (χ4v) is 4.39. The number of hydrogen-bond donors (Lipinski definition) is 0. The van der Waals surface area contributed by atoms with Crippen molar-refractivity contribution in [3.05, 3.63) is 83.1 Å². The van der Waals surface area contributed by atoms with E-state index in [1.165, 1.54) is 11.8 Å². The van der Waals surface area contributed by atoms with Crippen molar-refractivity contribution in [2.45, 2.75) is 24.3 Å². The average Bonchev–Trinajstić information content (AvgIpc) is 3.24. The molecule has 0 aliphatic rings. The SMILES string of the molecule is CCOc1ccc(-n2c(SC(C)C(=O)c3ccc(Br)cc3)nnc2-c2cccnc2)cc1. The number of benzene rings is 2. The third-order valence-corrected chi connectivity index (χ3v) is 6.31. The van der Waals surface area contributed by atoms with Gasteiger partial charge in [0.1, 0.15) is 5.75 Å². The molecule has 0 saturated carbocycles. The van der Waals surface area contributed by atoms with Crippen molar-refractivity contribution < 1.29 is 9.53 Å². The van der Waals surface area contributed by atoms with Gasteiger partial charge in [-0.05, 0) is 62.4 Å². The number of carbonyl (C=O) groups is 1. The van der Waals surface area contributed by atoms with E-state index in [2.05, 4.69) is 31.1 Å². The summed E-state index contributed by atoms with van der Waals surface area (Å²) in [5.74, 6) is 1.49. The molecule has 6 nitrogen and oxygen atoms in total. The van der Waals surface area contributed by atoms with Crippen LogP contribution in [0, 0.1) is 0 Å². The van der Waals surface area contributed by atoms with Crippen LogP contribution in [-0.2, 0) is 0 Å². The van der Waals surface area contributed by atoms with Crippen molar-refractivity contribution in [1.82, 2.24) is 19.7 Å². The van der Waals surface area contributed by atoms with Gasteiger partial charge in [0.2, 0.25) is 0 Å². The Morgan fingerprint density at radius 1 is 1.09 bits per heavy atom. The van der Waals surface area contributed by atoms with Crippen LogP contribution in [0.3, 0.4) is 0 Å². The fraction of sp³-hybridized carbons (Fsp3) is 0.167. The standard InChI is InChI=1S/C24H21BrN4O2S/c1-3-31-21-12-10-20(11-13-21)29-23(18-5-4-14-26-15-18)27-28-24(29)32-16(2)22(30)17-6-8-19(25)9-7-17/h4-16H,3H2,1-2H3. The summed E-state index contributed by atoms with van der Waals surface area (Å²) in [5.41, 5.74) is 2.38. The third kappa shape index (κ3) is 4.92. The maximum atomic E-state index is 13.0. The van der Waals surface area contributed by atoms with Crippen LogP contribution in [0.5, 0.6) is 5.75 Å². The van der Waals surface area contributed by atoms with Crippen molar-refractivity contribution in [2.75, 3.05) is 6.61 Å². The fourth-order valence-electron chi connectivity index (χ4n) is 3.18. The molecule has 4 rings (SSSR count). The van der Waals surface area contributed by atoms with Gasteiger partial charge in [0.15, 0.2) is 16.8 Å². The second-order valence-corrected chi connectivity index (χ2v) is 9.17. The molecule has 0 N–H and O–H groups in total. The molecular weight excluding hydrogens is 488 g/mol. The number of Topliss-reactive ketones (excluding diaryl/α,β-unsaturated/α-hetero) is 1. The molecule has 162 valence electrons. The molecule has 2 aromatic heterocycles. The lowest BCUT2D eigenvalue weighted by Crippen LogP contribution is -2.14. The lowest BCUT2D eigenvalue weighted by molar-refractivity contribution is 0.0994. The summed E-state index contributed by atoms with van der Waals surface area (Å²) >= 11 is 4.79. The number of halogens is 1. The van der Waals surface area contributed by atoms with Gasteiger partial charge in [-0.2, -0.15) is 0 Å². The van der Waals surface area contributed by atoms with Gasteiger partial charge in [0.25, 0.3) is 0 Å². The number of pyridine rings is 1. The number of carbonyl (C=O) groups excluding carboxylic acids is 1. The first-order chi connectivity index (χ1) is 15.6. The summed E-state index contributed by atoms with van der Waals surface area (Å²) in [4.78, 5) is 17.2. The molecule has 0 spiro atoms. The van der Waals surface area contributed by atoms with E-state index in [9.17, 15) is 4.79 Å². The van der Waals surface area contributed by atoms with Crippen molar-refractivity contribution in [1.29, 1.82) is 0 Å². The van der Waals surface area contributed by atoms with Crippen LogP contribution in [-0.4, -0.2) is 37.4 Å². The largest absolute Gasteiger partial charge is 0.494 e. The van der Waals surface area contributed by atoms with E-state index in [1.807, 2.05) is 79.1 Å². The van der Waals surface area contributed by atoms with E-state index >= 15 is 0 Å². The molecule has 0 aliphatic carbocycles. The Balaban J connectivity index is 1.69. The zero-order valence-electron chi connectivity index (χ0n) is 17.6. The molecule has 32 heavy (non-hydrogen) atoms. The van der Waals surface area contributed by atoms with E-state index in [1.54, 1.807) is 12.4 Å². The summed E-state index contributed by atoms with van der Waals surface area (Å²) in [5, 5.41) is 9.12. The number of rotatable bonds is 8. The number of ether oxygens (including phenoxy) is 1. The lowest BCUT2D eigenvalue weighted by atomic mass is 10.1. The number of thioether (sulfide) groups is 1. The van der Waals surface area contributed by atoms with Gasteiger partial charge in [-0.25, -0.2) is 0 Å². The topological polar surface area (TPSA) is 69.9 Å². The number of ketones is 1. The maximum Gasteiger partial charge on any atom is 0.196 e. The maximum absolute atomic E-state index is 13.0. The van der Waals surface area contributed by atoms with Gasteiger partial charge < -0.3 is 4.74 Å². The number of nitrogens with zero attached hydrogens (tertiary/aromatic N) is 4. The normalized spacial score (nSPS) is 11.8. The zero-order valence-corrected chi connectivity index (χ0v) is 20.0. The highest BCUT2D eigenvalue weighted by atomic mass is 79.9. The molecule has 0 saturated heterocycles. The first kappa shape index (κ1) is 22.2. The van der Waals surface area contributed by atoms with Gasteiger partial charge in [-0.1, -0.05) is 39.8 Å². The highest BCUT2D eigenvalue weighted by molar-refractivity contribution is 9.10. The van der Waals surface area contributed by atoms with E-state index in [4.69, 9.17) is 4.74 Å². The number of hydrogen-bond acceptors (Lipinski definition) is 6. The Labute approximate surface area is 199 Å². The van der Waals surface area contributed by atoms with E-state index in [0.29, 0.717) is 23.2 Å². The lowest BCUT2D eigenvalue weighted by Gasteiger charge is -2.14. The Kier molecular flexibility index (Phi) is 7.02. The van der Waals surface area contributed by atoms with E-state index < -0.39 is 0 Å².